The van der Waals surface area contributed by atoms with Crippen molar-refractivity contribution >= 4 is 0 Å². The van der Waals surface area contributed by atoms with Crippen LogP contribution in [0.15, 0.2) is 12.2 Å². The Labute approximate surface area is 86.2 Å². The van der Waals surface area contributed by atoms with Crippen LogP contribution in [-0.2, 0) is 0 Å². The average Bonchev–Trinajstić information content (AvgIpc) is 2.85. The Bertz CT molecular complexity index is 273. The summed E-state index contributed by atoms with van der Waals surface area (Å²) in [6.07, 6.45) is 12.8. The van der Waals surface area contributed by atoms with Gasteiger partial charge in [-0.1, -0.05) is 31.4 Å². The number of aliphatic hydroxyl groups excluding tert-OH is 1. The van der Waals surface area contributed by atoms with Crippen LogP contribution >= 0.6 is 0 Å². The second-order valence-electron chi connectivity index (χ2n) is 4.58. The van der Waals surface area contributed by atoms with Crippen LogP contribution in [0, 0.1) is 36.0 Å². The van der Waals surface area contributed by atoms with Gasteiger partial charge in [-0.2, -0.15) is 0 Å². The summed E-state index contributed by atoms with van der Waals surface area (Å²) >= 11 is 0. The molecule has 5 unspecified atom stereocenters. The summed E-state index contributed by atoms with van der Waals surface area (Å²) in [6, 6.07) is 0. The summed E-state index contributed by atoms with van der Waals surface area (Å²) in [5.74, 6) is 4.51. The van der Waals surface area contributed by atoms with Gasteiger partial charge in [0.05, 0.1) is 6.10 Å². The van der Waals surface area contributed by atoms with Gasteiger partial charge in [-0.05, 0) is 24.7 Å². The quantitative estimate of drug-likeness (QED) is 0.534. The molecular weight excluding hydrogens is 172 g/mol. The minimum absolute atomic E-state index is 0.170. The van der Waals surface area contributed by atoms with Gasteiger partial charge in [0.15, 0.2) is 0 Å². The molecular formula is C13H18O. The predicted octanol–water partition coefficient (Wildman–Crippen LogP) is 2.22. The van der Waals surface area contributed by atoms with Crippen molar-refractivity contribution in [1.29, 1.82) is 0 Å². The molecule has 1 saturated carbocycles. The minimum Gasteiger partial charge on any atom is -0.392 e. The van der Waals surface area contributed by atoms with E-state index in [0.717, 1.165) is 12.3 Å². The fraction of sp³-hybridized carbons (Fsp3) is 0.692. The SMILES string of the molecule is C#CC1C=CCC1C(O)C1CC1CC. The molecule has 1 fully saturated rings. The summed E-state index contributed by atoms with van der Waals surface area (Å²) in [6.45, 7) is 2.20. The van der Waals surface area contributed by atoms with Crippen LogP contribution in [0.25, 0.3) is 0 Å². The number of terminal acetylenes is 1. The Morgan fingerprint density at radius 3 is 2.93 bits per heavy atom. The molecule has 0 aromatic heterocycles. The Balaban J connectivity index is 1.93. The van der Waals surface area contributed by atoms with Crippen LogP contribution in [0.3, 0.4) is 0 Å². The Kier molecular flexibility index (Phi) is 2.65. The van der Waals surface area contributed by atoms with Crippen LogP contribution in [0.5, 0.6) is 0 Å². The van der Waals surface area contributed by atoms with E-state index in [2.05, 4.69) is 25.0 Å². The number of aliphatic hydroxyl groups is 1. The highest BCUT2D eigenvalue weighted by atomic mass is 16.3. The third-order valence-electron chi connectivity index (χ3n) is 3.78. The van der Waals surface area contributed by atoms with Gasteiger partial charge in [0.2, 0.25) is 0 Å². The molecule has 0 amide bonds. The Hall–Kier alpha value is -0.740. The molecule has 0 radical (unpaired) electrons. The summed E-state index contributed by atoms with van der Waals surface area (Å²) in [5, 5.41) is 10.2. The molecule has 1 nitrogen and oxygen atoms in total. The molecule has 5 atom stereocenters. The van der Waals surface area contributed by atoms with Crippen molar-refractivity contribution in [3.63, 3.8) is 0 Å². The average molecular weight is 190 g/mol. The maximum absolute atomic E-state index is 10.2. The van der Waals surface area contributed by atoms with Crippen molar-refractivity contribution in [2.75, 3.05) is 0 Å². The van der Waals surface area contributed by atoms with Crippen LogP contribution in [0.1, 0.15) is 26.2 Å². The maximum atomic E-state index is 10.2. The standard InChI is InChI=1S/C13H18O/c1-3-9-6-5-7-11(9)13(14)12-8-10(12)4-2/h1,5-6,9-14H,4,7-8H2,2H3. The highest BCUT2D eigenvalue weighted by Crippen LogP contribution is 2.48. The zero-order valence-corrected chi connectivity index (χ0v) is 8.69. The van der Waals surface area contributed by atoms with E-state index < -0.39 is 0 Å². The van der Waals surface area contributed by atoms with Crippen molar-refractivity contribution < 1.29 is 5.11 Å². The van der Waals surface area contributed by atoms with Gasteiger partial charge < -0.3 is 5.11 Å². The van der Waals surface area contributed by atoms with E-state index >= 15 is 0 Å². The van der Waals surface area contributed by atoms with Crippen LogP contribution in [0.4, 0.5) is 0 Å². The fourth-order valence-corrected chi connectivity index (χ4v) is 2.68. The number of hydrogen-bond acceptors (Lipinski definition) is 1. The molecule has 2 rings (SSSR count). The van der Waals surface area contributed by atoms with Gasteiger partial charge in [-0.15, -0.1) is 6.42 Å². The second kappa shape index (κ2) is 3.79. The minimum atomic E-state index is -0.170. The molecule has 0 saturated heterocycles. The molecule has 1 heteroatoms. The van der Waals surface area contributed by atoms with Gasteiger partial charge in [0, 0.05) is 11.8 Å². The largest absolute Gasteiger partial charge is 0.392 e. The molecule has 0 aliphatic heterocycles. The molecule has 2 aliphatic rings. The van der Waals surface area contributed by atoms with Gasteiger partial charge >= 0.3 is 0 Å². The molecule has 0 heterocycles. The van der Waals surface area contributed by atoms with Gasteiger partial charge in [0.1, 0.15) is 0 Å². The summed E-state index contributed by atoms with van der Waals surface area (Å²) in [5.41, 5.74) is 0. The van der Waals surface area contributed by atoms with Crippen molar-refractivity contribution in [3.8, 4) is 12.3 Å². The maximum Gasteiger partial charge on any atom is 0.0617 e. The number of allylic oxidation sites excluding steroid dienone is 2. The van der Waals surface area contributed by atoms with E-state index in [0.29, 0.717) is 11.8 Å². The fourth-order valence-electron chi connectivity index (χ4n) is 2.68. The third-order valence-corrected chi connectivity index (χ3v) is 3.78. The van der Waals surface area contributed by atoms with Crippen molar-refractivity contribution in [1.82, 2.24) is 0 Å². The lowest BCUT2D eigenvalue weighted by Gasteiger charge is -2.21. The van der Waals surface area contributed by atoms with Gasteiger partial charge in [-0.3, -0.25) is 0 Å². The first kappa shape index (κ1) is 9.80. The Morgan fingerprint density at radius 1 is 1.57 bits per heavy atom. The molecule has 0 bridgehead atoms. The van der Waals surface area contributed by atoms with Crippen molar-refractivity contribution in [2.45, 2.75) is 32.3 Å². The van der Waals surface area contributed by atoms with E-state index in [9.17, 15) is 5.11 Å². The summed E-state index contributed by atoms with van der Waals surface area (Å²) in [4.78, 5) is 0. The lowest BCUT2D eigenvalue weighted by molar-refractivity contribution is 0.0757. The number of hydrogen-bond donors (Lipinski definition) is 1. The third kappa shape index (κ3) is 1.60. The smallest absolute Gasteiger partial charge is 0.0617 e. The molecule has 0 aromatic carbocycles. The van der Waals surface area contributed by atoms with Crippen LogP contribution < -0.4 is 0 Å². The van der Waals surface area contributed by atoms with E-state index in [4.69, 9.17) is 6.42 Å². The van der Waals surface area contributed by atoms with E-state index in [-0.39, 0.29) is 12.0 Å². The first-order chi connectivity index (χ1) is 6.77. The molecule has 14 heavy (non-hydrogen) atoms. The normalized spacial score (nSPS) is 42.1. The number of rotatable bonds is 3. The van der Waals surface area contributed by atoms with Crippen LogP contribution in [-0.4, -0.2) is 11.2 Å². The lowest BCUT2D eigenvalue weighted by Crippen LogP contribution is -2.26. The van der Waals surface area contributed by atoms with E-state index in [1.807, 2.05) is 0 Å². The summed E-state index contributed by atoms with van der Waals surface area (Å²) in [7, 11) is 0. The first-order valence-corrected chi connectivity index (χ1v) is 5.58. The zero-order chi connectivity index (χ0) is 10.1. The zero-order valence-electron chi connectivity index (χ0n) is 8.69. The summed E-state index contributed by atoms with van der Waals surface area (Å²) < 4.78 is 0. The topological polar surface area (TPSA) is 20.2 Å². The monoisotopic (exact) mass is 190 g/mol. The van der Waals surface area contributed by atoms with Crippen molar-refractivity contribution in [3.05, 3.63) is 12.2 Å². The second-order valence-corrected chi connectivity index (χ2v) is 4.58. The Morgan fingerprint density at radius 2 is 2.36 bits per heavy atom. The molecule has 2 aliphatic carbocycles. The first-order valence-electron chi connectivity index (χ1n) is 5.58. The van der Waals surface area contributed by atoms with Crippen LogP contribution in [0.2, 0.25) is 0 Å². The molecule has 1 N–H and O–H groups in total. The molecule has 0 aromatic rings. The highest BCUT2D eigenvalue weighted by molar-refractivity contribution is 5.16. The van der Waals surface area contributed by atoms with Crippen molar-refractivity contribution in [2.24, 2.45) is 23.7 Å². The molecule has 76 valence electrons. The lowest BCUT2D eigenvalue weighted by atomic mass is 9.87. The highest BCUT2D eigenvalue weighted by Gasteiger charge is 2.45. The van der Waals surface area contributed by atoms with Gasteiger partial charge in [0.25, 0.3) is 0 Å². The predicted molar refractivity (Wildman–Crippen MR) is 57.5 cm³/mol. The van der Waals surface area contributed by atoms with Gasteiger partial charge in [-0.25, -0.2) is 0 Å². The molecule has 0 spiro atoms. The van der Waals surface area contributed by atoms with E-state index in [1.165, 1.54) is 12.8 Å². The van der Waals surface area contributed by atoms with E-state index in [1.54, 1.807) is 0 Å².